The molecule has 0 unspecified atom stereocenters. The van der Waals surface area contributed by atoms with Crippen molar-refractivity contribution in [3.8, 4) is 0 Å². The van der Waals surface area contributed by atoms with E-state index in [1.165, 1.54) is 0 Å². The van der Waals surface area contributed by atoms with Gasteiger partial charge >= 0.3 is 5.97 Å². The summed E-state index contributed by atoms with van der Waals surface area (Å²) in [6, 6.07) is 14.7. The number of benzene rings is 2. The summed E-state index contributed by atoms with van der Waals surface area (Å²) < 4.78 is 6.12. The SMILES string of the molecule is O=C1OCC2=C1[C@@H](c1ccccc1Cl)CC(=O)N2c1cccc(Br)c1. The zero-order valence-corrected chi connectivity index (χ0v) is 15.4. The van der Waals surface area contributed by atoms with E-state index in [9.17, 15) is 9.59 Å². The highest BCUT2D eigenvalue weighted by atomic mass is 79.9. The summed E-state index contributed by atoms with van der Waals surface area (Å²) in [7, 11) is 0. The summed E-state index contributed by atoms with van der Waals surface area (Å²) >= 11 is 9.73. The van der Waals surface area contributed by atoms with Gasteiger partial charge in [-0.15, -0.1) is 0 Å². The van der Waals surface area contributed by atoms with Crippen molar-refractivity contribution in [2.24, 2.45) is 0 Å². The Labute approximate surface area is 158 Å². The van der Waals surface area contributed by atoms with Crippen molar-refractivity contribution >= 4 is 45.1 Å². The maximum absolute atomic E-state index is 12.9. The second-order valence-corrected chi connectivity index (χ2v) is 7.25. The molecular weight excluding hydrogens is 406 g/mol. The van der Waals surface area contributed by atoms with Gasteiger partial charge in [0.2, 0.25) is 5.91 Å². The first-order chi connectivity index (χ1) is 12.1. The molecular formula is C19H13BrClNO3. The van der Waals surface area contributed by atoms with Crippen LogP contribution in [0.15, 0.2) is 64.3 Å². The van der Waals surface area contributed by atoms with Gasteiger partial charge in [-0.05, 0) is 29.8 Å². The van der Waals surface area contributed by atoms with E-state index in [-0.39, 0.29) is 30.8 Å². The number of anilines is 1. The average molecular weight is 419 g/mol. The second kappa shape index (κ2) is 6.32. The minimum Gasteiger partial charge on any atom is -0.456 e. The van der Waals surface area contributed by atoms with Gasteiger partial charge in [-0.2, -0.15) is 0 Å². The monoisotopic (exact) mass is 417 g/mol. The fourth-order valence-corrected chi connectivity index (χ4v) is 4.05. The van der Waals surface area contributed by atoms with Crippen molar-refractivity contribution in [1.29, 1.82) is 0 Å². The molecule has 0 bridgehead atoms. The van der Waals surface area contributed by atoms with Crippen LogP contribution in [0.2, 0.25) is 5.02 Å². The molecule has 0 radical (unpaired) electrons. The number of ether oxygens (including phenoxy) is 1. The lowest BCUT2D eigenvalue weighted by atomic mass is 9.84. The van der Waals surface area contributed by atoms with Crippen molar-refractivity contribution in [1.82, 2.24) is 0 Å². The number of halogens is 2. The largest absolute Gasteiger partial charge is 0.456 e. The molecule has 2 heterocycles. The predicted molar refractivity (Wildman–Crippen MR) is 98.4 cm³/mol. The number of rotatable bonds is 2. The minimum atomic E-state index is -0.382. The van der Waals surface area contributed by atoms with Gasteiger partial charge in [-0.3, -0.25) is 9.69 Å². The first-order valence-electron chi connectivity index (χ1n) is 7.79. The zero-order valence-electron chi connectivity index (χ0n) is 13.0. The van der Waals surface area contributed by atoms with Crippen LogP contribution in [0.25, 0.3) is 0 Å². The van der Waals surface area contributed by atoms with E-state index < -0.39 is 0 Å². The van der Waals surface area contributed by atoms with E-state index in [0.29, 0.717) is 22.0 Å². The van der Waals surface area contributed by atoms with Crippen molar-refractivity contribution in [3.05, 3.63) is 74.9 Å². The van der Waals surface area contributed by atoms with E-state index in [4.69, 9.17) is 16.3 Å². The van der Waals surface area contributed by atoms with Crippen molar-refractivity contribution in [2.45, 2.75) is 12.3 Å². The molecule has 0 aliphatic carbocycles. The Hall–Kier alpha value is -2.11. The number of amides is 1. The van der Waals surface area contributed by atoms with Crippen LogP contribution in [0.4, 0.5) is 5.69 Å². The standard InChI is InChI=1S/C19H13BrClNO3/c20-11-4-3-5-12(8-11)22-16-10-25-19(24)18(16)14(9-17(22)23)13-6-1-2-7-15(13)21/h1-8,14H,9-10H2/t14-/m1/s1. The number of carbonyl (C=O) groups excluding carboxylic acids is 2. The number of hydrogen-bond donors (Lipinski definition) is 0. The Morgan fingerprint density at radius 3 is 2.68 bits per heavy atom. The summed E-state index contributed by atoms with van der Waals surface area (Å²) in [5, 5.41) is 0.544. The van der Waals surface area contributed by atoms with E-state index in [2.05, 4.69) is 15.9 Å². The van der Waals surface area contributed by atoms with E-state index in [0.717, 1.165) is 10.0 Å². The fourth-order valence-electron chi connectivity index (χ4n) is 3.39. The van der Waals surface area contributed by atoms with E-state index >= 15 is 0 Å². The fraction of sp³-hybridized carbons (Fsp3) is 0.158. The molecule has 1 atom stereocenters. The van der Waals surface area contributed by atoms with Gasteiger partial charge in [0.15, 0.2) is 0 Å². The Kier molecular flexibility index (Phi) is 4.13. The molecule has 2 aliphatic heterocycles. The minimum absolute atomic E-state index is 0.0833. The van der Waals surface area contributed by atoms with Gasteiger partial charge in [0.25, 0.3) is 0 Å². The molecule has 6 heteroatoms. The maximum Gasteiger partial charge on any atom is 0.336 e. The van der Waals surface area contributed by atoms with E-state index in [1.54, 1.807) is 11.0 Å². The molecule has 0 spiro atoms. The topological polar surface area (TPSA) is 46.6 Å². The number of esters is 1. The highest BCUT2D eigenvalue weighted by molar-refractivity contribution is 9.10. The van der Waals surface area contributed by atoms with Gasteiger partial charge in [0.05, 0.1) is 11.3 Å². The summed E-state index contributed by atoms with van der Waals surface area (Å²) in [5.74, 6) is -0.845. The van der Waals surface area contributed by atoms with Crippen LogP contribution >= 0.6 is 27.5 Å². The first-order valence-corrected chi connectivity index (χ1v) is 8.96. The molecule has 2 aliphatic rings. The summed E-state index contributed by atoms with van der Waals surface area (Å²) in [6.07, 6.45) is 0.171. The molecule has 1 amide bonds. The molecule has 4 rings (SSSR count). The zero-order chi connectivity index (χ0) is 17.6. The molecule has 126 valence electrons. The molecule has 2 aromatic carbocycles. The highest BCUT2D eigenvalue weighted by Crippen LogP contribution is 2.43. The molecule has 0 fully saturated rings. The lowest BCUT2D eigenvalue weighted by molar-refractivity contribution is -0.136. The first kappa shape index (κ1) is 16.4. The summed E-state index contributed by atoms with van der Waals surface area (Å²) in [5.41, 5.74) is 2.61. The van der Waals surface area contributed by atoms with Crippen LogP contribution in [0.3, 0.4) is 0 Å². The third-order valence-corrected chi connectivity index (χ3v) is 5.30. The molecule has 0 saturated carbocycles. The van der Waals surface area contributed by atoms with Gasteiger partial charge in [-0.25, -0.2) is 4.79 Å². The number of cyclic esters (lactones) is 1. The third-order valence-electron chi connectivity index (χ3n) is 4.46. The summed E-state index contributed by atoms with van der Waals surface area (Å²) in [4.78, 5) is 26.9. The highest BCUT2D eigenvalue weighted by Gasteiger charge is 2.43. The number of hydrogen-bond acceptors (Lipinski definition) is 3. The lowest BCUT2D eigenvalue weighted by Crippen LogP contribution is -2.37. The molecule has 25 heavy (non-hydrogen) atoms. The number of nitrogens with zero attached hydrogens (tertiary/aromatic N) is 1. The van der Waals surface area contributed by atoms with Crippen LogP contribution in [0, 0.1) is 0 Å². The van der Waals surface area contributed by atoms with E-state index in [1.807, 2.05) is 42.5 Å². The Balaban J connectivity index is 1.86. The summed E-state index contributed by atoms with van der Waals surface area (Å²) in [6.45, 7) is 0.0906. The van der Waals surface area contributed by atoms with Gasteiger partial charge < -0.3 is 4.74 Å². The normalized spacial score (nSPS) is 19.9. The second-order valence-electron chi connectivity index (χ2n) is 5.92. The lowest BCUT2D eigenvalue weighted by Gasteiger charge is -2.32. The Morgan fingerprint density at radius 2 is 1.92 bits per heavy atom. The van der Waals surface area contributed by atoms with Gasteiger partial charge in [0, 0.05) is 27.5 Å². The van der Waals surface area contributed by atoms with Crippen LogP contribution in [0.1, 0.15) is 17.9 Å². The van der Waals surface area contributed by atoms with Crippen molar-refractivity contribution in [3.63, 3.8) is 0 Å². The van der Waals surface area contributed by atoms with Crippen molar-refractivity contribution in [2.75, 3.05) is 11.5 Å². The third kappa shape index (κ3) is 2.77. The number of carbonyl (C=O) groups is 2. The Bertz CT molecular complexity index is 924. The van der Waals surface area contributed by atoms with Gasteiger partial charge in [-0.1, -0.05) is 51.8 Å². The average Bonchev–Trinajstić information content (AvgIpc) is 2.96. The van der Waals surface area contributed by atoms with Gasteiger partial charge in [0.1, 0.15) is 6.61 Å². The molecule has 0 saturated heterocycles. The molecule has 0 N–H and O–H groups in total. The maximum atomic E-state index is 12.9. The predicted octanol–water partition coefficient (Wildman–Crippen LogP) is 4.43. The Morgan fingerprint density at radius 1 is 1.12 bits per heavy atom. The van der Waals surface area contributed by atoms with Crippen LogP contribution < -0.4 is 4.90 Å². The van der Waals surface area contributed by atoms with Crippen LogP contribution in [-0.4, -0.2) is 18.5 Å². The van der Waals surface area contributed by atoms with Crippen molar-refractivity contribution < 1.29 is 14.3 Å². The molecule has 0 aromatic heterocycles. The van der Waals surface area contributed by atoms with Crippen LogP contribution in [0.5, 0.6) is 0 Å². The smallest absolute Gasteiger partial charge is 0.336 e. The molecule has 4 nitrogen and oxygen atoms in total. The molecule has 2 aromatic rings. The van der Waals surface area contributed by atoms with Crippen LogP contribution in [-0.2, 0) is 14.3 Å². The quantitative estimate of drug-likeness (QED) is 0.678.